The van der Waals surface area contributed by atoms with Crippen molar-refractivity contribution in [3.8, 4) is 0 Å². The molecule has 3 rings (SSSR count). The van der Waals surface area contributed by atoms with Crippen LogP contribution in [0.5, 0.6) is 0 Å². The van der Waals surface area contributed by atoms with E-state index in [2.05, 4.69) is 0 Å². The first-order chi connectivity index (χ1) is 10.0. The minimum absolute atomic E-state index is 0.240. The molecule has 0 aromatic heterocycles. The van der Waals surface area contributed by atoms with Crippen molar-refractivity contribution in [2.45, 2.75) is 10.9 Å². The van der Waals surface area contributed by atoms with Crippen molar-refractivity contribution in [3.05, 3.63) is 70.3 Å². The molecule has 0 radical (unpaired) electrons. The second-order valence-corrected chi connectivity index (χ2v) is 6.59. The summed E-state index contributed by atoms with van der Waals surface area (Å²) in [7, 11) is -3.85. The summed E-state index contributed by atoms with van der Waals surface area (Å²) in [5.74, 6) is 0. The quantitative estimate of drug-likeness (QED) is 0.493. The van der Waals surface area contributed by atoms with Crippen molar-refractivity contribution >= 4 is 15.7 Å². The molecular weight excluding hydrogens is 292 g/mol. The van der Waals surface area contributed by atoms with Crippen LogP contribution in [0.3, 0.4) is 0 Å². The molecule has 1 aliphatic rings. The Labute approximate surface area is 121 Å². The normalized spacial score (nSPS) is 21.0. The zero-order valence-corrected chi connectivity index (χ0v) is 11.7. The van der Waals surface area contributed by atoms with E-state index in [0.29, 0.717) is 6.54 Å². The number of hydrogen-bond donors (Lipinski definition) is 0. The smallest absolute Gasteiger partial charge is 0.258 e. The summed E-state index contributed by atoms with van der Waals surface area (Å²) < 4.78 is 26.3. The van der Waals surface area contributed by atoms with Crippen LogP contribution in [-0.2, 0) is 10.0 Å². The van der Waals surface area contributed by atoms with Crippen molar-refractivity contribution in [3.63, 3.8) is 0 Å². The molecule has 0 saturated carbocycles. The SMILES string of the molecule is O=[N+]([O-])c1ccccc1S(=O)(=O)N1CC1c1ccccc1. The summed E-state index contributed by atoms with van der Waals surface area (Å²) in [4.78, 5) is 10.1. The molecule has 0 aliphatic carbocycles. The number of nitro groups is 1. The Hall–Kier alpha value is -2.25. The highest BCUT2D eigenvalue weighted by Crippen LogP contribution is 2.41. The van der Waals surface area contributed by atoms with E-state index >= 15 is 0 Å². The molecule has 1 fully saturated rings. The van der Waals surface area contributed by atoms with E-state index in [9.17, 15) is 18.5 Å². The number of benzene rings is 2. The molecule has 21 heavy (non-hydrogen) atoms. The second-order valence-electron chi connectivity index (χ2n) is 4.73. The molecule has 0 bridgehead atoms. The van der Waals surface area contributed by atoms with Gasteiger partial charge in [0.05, 0.1) is 11.0 Å². The second kappa shape index (κ2) is 4.94. The van der Waals surface area contributed by atoms with Crippen molar-refractivity contribution in [1.29, 1.82) is 0 Å². The first kappa shape index (κ1) is 13.7. The molecule has 108 valence electrons. The van der Waals surface area contributed by atoms with Gasteiger partial charge in [-0.3, -0.25) is 10.1 Å². The third-order valence-electron chi connectivity index (χ3n) is 3.40. The summed E-state index contributed by atoms with van der Waals surface area (Å²) in [6.45, 7) is 0.346. The highest BCUT2D eigenvalue weighted by atomic mass is 32.2. The minimum Gasteiger partial charge on any atom is -0.258 e. The predicted molar refractivity (Wildman–Crippen MR) is 76.2 cm³/mol. The molecule has 0 spiro atoms. The Kier molecular flexibility index (Phi) is 3.23. The van der Waals surface area contributed by atoms with Crippen LogP contribution >= 0.6 is 0 Å². The molecule has 2 aromatic carbocycles. The third-order valence-corrected chi connectivity index (χ3v) is 5.32. The molecule has 6 nitrogen and oxygen atoms in total. The summed E-state index contributed by atoms with van der Waals surface area (Å²) in [6.07, 6.45) is 0. The lowest BCUT2D eigenvalue weighted by Crippen LogP contribution is -2.14. The number of hydrogen-bond acceptors (Lipinski definition) is 4. The molecule has 2 unspecified atom stereocenters. The zero-order chi connectivity index (χ0) is 15.0. The fraction of sp³-hybridized carbons (Fsp3) is 0.143. The Bertz CT molecular complexity index is 790. The number of nitrogens with zero attached hydrogens (tertiary/aromatic N) is 2. The van der Waals surface area contributed by atoms with Gasteiger partial charge >= 0.3 is 0 Å². The van der Waals surface area contributed by atoms with Crippen LogP contribution in [0.15, 0.2) is 59.5 Å². The van der Waals surface area contributed by atoms with Gasteiger partial charge in [-0.2, -0.15) is 4.31 Å². The van der Waals surface area contributed by atoms with E-state index in [1.807, 2.05) is 30.3 Å². The standard InChI is InChI=1S/C14H12N2O4S/c17-16(18)12-8-4-5-9-14(12)21(19,20)15-10-13(15)11-6-2-1-3-7-11/h1-9,13H,10H2. The molecule has 2 atom stereocenters. The maximum Gasteiger partial charge on any atom is 0.289 e. The van der Waals surface area contributed by atoms with Crippen LogP contribution in [0, 0.1) is 10.1 Å². The Morgan fingerprint density at radius 2 is 1.67 bits per heavy atom. The number of para-hydroxylation sites is 1. The minimum atomic E-state index is -3.85. The summed E-state index contributed by atoms with van der Waals surface area (Å²) in [6, 6.07) is 14.4. The third kappa shape index (κ3) is 2.41. The Morgan fingerprint density at radius 3 is 2.33 bits per heavy atom. The van der Waals surface area contributed by atoms with Gasteiger partial charge in [0.15, 0.2) is 4.90 Å². The monoisotopic (exact) mass is 304 g/mol. The fourth-order valence-electron chi connectivity index (χ4n) is 2.29. The van der Waals surface area contributed by atoms with Gasteiger partial charge in [-0.15, -0.1) is 0 Å². The van der Waals surface area contributed by atoms with Crippen molar-refractivity contribution in [2.24, 2.45) is 0 Å². The van der Waals surface area contributed by atoms with Crippen LogP contribution in [0.25, 0.3) is 0 Å². The average Bonchev–Trinajstić information content (AvgIpc) is 3.29. The van der Waals surface area contributed by atoms with Gasteiger partial charge in [-0.1, -0.05) is 42.5 Å². The molecule has 0 amide bonds. The van der Waals surface area contributed by atoms with E-state index in [0.717, 1.165) is 5.56 Å². The van der Waals surface area contributed by atoms with E-state index < -0.39 is 20.6 Å². The maximum atomic E-state index is 12.5. The zero-order valence-electron chi connectivity index (χ0n) is 10.9. The van der Waals surface area contributed by atoms with Gasteiger partial charge in [0, 0.05) is 12.6 Å². The molecule has 1 saturated heterocycles. The van der Waals surface area contributed by atoms with E-state index in [1.165, 1.54) is 28.6 Å². The molecule has 0 N–H and O–H groups in total. The summed E-state index contributed by atoms with van der Waals surface area (Å²) >= 11 is 0. The van der Waals surface area contributed by atoms with Crippen molar-refractivity contribution < 1.29 is 13.3 Å². The number of nitro benzene ring substituents is 1. The predicted octanol–water partition coefficient (Wildman–Crippen LogP) is 2.34. The summed E-state index contributed by atoms with van der Waals surface area (Å²) in [5, 5.41) is 11.0. The van der Waals surface area contributed by atoms with Gasteiger partial charge in [0.25, 0.3) is 15.7 Å². The average molecular weight is 304 g/mol. The largest absolute Gasteiger partial charge is 0.289 e. The molecular formula is C14H12N2O4S. The van der Waals surface area contributed by atoms with E-state index in [-0.39, 0.29) is 10.9 Å². The lowest BCUT2D eigenvalue weighted by atomic mass is 10.2. The van der Waals surface area contributed by atoms with Gasteiger partial charge < -0.3 is 0 Å². The molecule has 7 heteroatoms. The number of rotatable bonds is 4. The van der Waals surface area contributed by atoms with Gasteiger partial charge in [-0.05, 0) is 11.6 Å². The van der Waals surface area contributed by atoms with Crippen molar-refractivity contribution in [1.82, 2.24) is 4.31 Å². The van der Waals surface area contributed by atoms with Gasteiger partial charge in [-0.25, -0.2) is 8.42 Å². The highest BCUT2D eigenvalue weighted by Gasteiger charge is 2.47. The lowest BCUT2D eigenvalue weighted by molar-refractivity contribution is -0.387. The molecule has 2 aromatic rings. The first-order valence-corrected chi connectivity index (χ1v) is 7.76. The topological polar surface area (TPSA) is 80.3 Å². The van der Waals surface area contributed by atoms with Crippen molar-refractivity contribution in [2.75, 3.05) is 6.54 Å². The Balaban J connectivity index is 1.95. The number of sulfonamides is 1. The summed E-state index contributed by atoms with van der Waals surface area (Å²) in [5.41, 5.74) is 0.496. The molecule has 1 heterocycles. The lowest BCUT2D eigenvalue weighted by Gasteiger charge is -2.07. The maximum absolute atomic E-state index is 12.5. The first-order valence-electron chi connectivity index (χ1n) is 6.32. The Morgan fingerprint density at radius 1 is 1.05 bits per heavy atom. The van der Waals surface area contributed by atoms with E-state index in [1.54, 1.807) is 0 Å². The van der Waals surface area contributed by atoms with Crippen LogP contribution < -0.4 is 0 Å². The van der Waals surface area contributed by atoms with Crippen LogP contribution in [0.1, 0.15) is 11.6 Å². The molecule has 1 aliphatic heterocycles. The highest BCUT2D eigenvalue weighted by molar-refractivity contribution is 7.89. The van der Waals surface area contributed by atoms with Crippen LogP contribution in [-0.4, -0.2) is 24.2 Å². The van der Waals surface area contributed by atoms with Crippen LogP contribution in [0.2, 0.25) is 0 Å². The van der Waals surface area contributed by atoms with Crippen LogP contribution in [0.4, 0.5) is 5.69 Å². The van der Waals surface area contributed by atoms with Gasteiger partial charge in [0.2, 0.25) is 0 Å². The fourth-order valence-corrected chi connectivity index (χ4v) is 3.99. The van der Waals surface area contributed by atoms with E-state index in [4.69, 9.17) is 0 Å². The van der Waals surface area contributed by atoms with Gasteiger partial charge in [0.1, 0.15) is 0 Å².